The zero-order valence-electron chi connectivity index (χ0n) is 12.1. The van der Waals surface area contributed by atoms with Gasteiger partial charge in [-0.05, 0) is 30.5 Å². The van der Waals surface area contributed by atoms with Crippen LogP contribution in [0.5, 0.6) is 0 Å². The molecule has 0 N–H and O–H groups in total. The lowest BCUT2D eigenvalue weighted by Gasteiger charge is -2.23. The maximum atomic E-state index is 12.2. The van der Waals surface area contributed by atoms with E-state index in [1.165, 1.54) is 32.1 Å². The standard InChI is InChI=1S/C17H22N2O/c1-19(16-9-5-8-15(12-16)13-18)17(20)11-10-14-6-3-2-4-7-14/h5,8-9,12,14H,2-4,6-7,10-11H2,1H3. The zero-order valence-corrected chi connectivity index (χ0v) is 12.1. The summed E-state index contributed by atoms with van der Waals surface area (Å²) in [7, 11) is 1.79. The monoisotopic (exact) mass is 270 g/mol. The van der Waals surface area contributed by atoms with Crippen LogP contribution in [-0.4, -0.2) is 13.0 Å². The Bertz CT molecular complexity index is 498. The normalized spacial score (nSPS) is 15.6. The molecular weight excluding hydrogens is 248 g/mol. The van der Waals surface area contributed by atoms with Gasteiger partial charge in [0.25, 0.3) is 0 Å². The van der Waals surface area contributed by atoms with Crippen LogP contribution in [0.4, 0.5) is 5.69 Å². The van der Waals surface area contributed by atoms with Crippen molar-refractivity contribution in [2.24, 2.45) is 5.92 Å². The van der Waals surface area contributed by atoms with Gasteiger partial charge in [-0.3, -0.25) is 4.79 Å². The van der Waals surface area contributed by atoms with E-state index in [1.54, 1.807) is 24.1 Å². The first-order valence-electron chi connectivity index (χ1n) is 7.47. The summed E-state index contributed by atoms with van der Waals surface area (Å²) in [5.74, 6) is 0.872. The third-order valence-electron chi connectivity index (χ3n) is 4.23. The Morgan fingerprint density at radius 3 is 2.80 bits per heavy atom. The van der Waals surface area contributed by atoms with E-state index < -0.39 is 0 Å². The number of carbonyl (C=O) groups is 1. The number of amides is 1. The Morgan fingerprint density at radius 1 is 1.35 bits per heavy atom. The number of carbonyl (C=O) groups excluding carboxylic acids is 1. The minimum absolute atomic E-state index is 0.144. The SMILES string of the molecule is CN(C(=O)CCC1CCCCC1)c1cccc(C#N)c1. The topological polar surface area (TPSA) is 44.1 Å². The Balaban J connectivity index is 1.89. The molecule has 0 atom stereocenters. The first kappa shape index (κ1) is 14.6. The minimum atomic E-state index is 0.144. The molecule has 0 aromatic heterocycles. The van der Waals surface area contributed by atoms with Crippen molar-refractivity contribution in [1.82, 2.24) is 0 Å². The summed E-state index contributed by atoms with van der Waals surface area (Å²) in [5, 5.41) is 8.90. The molecule has 0 bridgehead atoms. The molecule has 1 aromatic rings. The van der Waals surface area contributed by atoms with Crippen LogP contribution in [0, 0.1) is 17.2 Å². The van der Waals surface area contributed by atoms with E-state index in [0.29, 0.717) is 12.0 Å². The molecule has 3 nitrogen and oxygen atoms in total. The first-order chi connectivity index (χ1) is 9.70. The maximum Gasteiger partial charge on any atom is 0.226 e. The molecule has 0 heterocycles. The van der Waals surface area contributed by atoms with Crippen LogP contribution in [-0.2, 0) is 4.79 Å². The molecule has 0 saturated heterocycles. The van der Waals surface area contributed by atoms with E-state index >= 15 is 0 Å². The molecule has 1 aromatic carbocycles. The fourth-order valence-electron chi connectivity index (χ4n) is 2.90. The fraction of sp³-hybridized carbons (Fsp3) is 0.529. The van der Waals surface area contributed by atoms with Gasteiger partial charge in [-0.1, -0.05) is 38.2 Å². The second-order valence-corrected chi connectivity index (χ2v) is 5.66. The van der Waals surface area contributed by atoms with E-state index in [0.717, 1.165) is 18.0 Å². The molecular formula is C17H22N2O. The van der Waals surface area contributed by atoms with Crippen LogP contribution in [0.3, 0.4) is 0 Å². The van der Waals surface area contributed by atoms with Gasteiger partial charge in [0.05, 0.1) is 11.6 Å². The van der Waals surface area contributed by atoms with E-state index in [2.05, 4.69) is 6.07 Å². The summed E-state index contributed by atoms with van der Waals surface area (Å²) in [5.41, 5.74) is 1.40. The average molecular weight is 270 g/mol. The van der Waals surface area contributed by atoms with E-state index in [4.69, 9.17) is 5.26 Å². The lowest BCUT2D eigenvalue weighted by Crippen LogP contribution is -2.26. The van der Waals surface area contributed by atoms with E-state index in [-0.39, 0.29) is 5.91 Å². The third-order valence-corrected chi connectivity index (χ3v) is 4.23. The first-order valence-corrected chi connectivity index (χ1v) is 7.47. The molecule has 2 rings (SSSR count). The second-order valence-electron chi connectivity index (χ2n) is 5.66. The van der Waals surface area contributed by atoms with Crippen LogP contribution in [0.1, 0.15) is 50.5 Å². The Morgan fingerprint density at radius 2 is 2.10 bits per heavy atom. The number of anilines is 1. The lowest BCUT2D eigenvalue weighted by molar-refractivity contribution is -0.118. The van der Waals surface area contributed by atoms with E-state index in [9.17, 15) is 4.79 Å². The number of nitriles is 1. The highest BCUT2D eigenvalue weighted by Gasteiger charge is 2.17. The molecule has 106 valence electrons. The molecule has 0 spiro atoms. The summed E-state index contributed by atoms with van der Waals surface area (Å²) in [4.78, 5) is 13.9. The Hall–Kier alpha value is -1.82. The van der Waals surface area contributed by atoms with Crippen LogP contribution in [0.25, 0.3) is 0 Å². The summed E-state index contributed by atoms with van der Waals surface area (Å²) in [6.45, 7) is 0. The van der Waals surface area contributed by atoms with Gasteiger partial charge in [0.1, 0.15) is 0 Å². The van der Waals surface area contributed by atoms with Gasteiger partial charge >= 0.3 is 0 Å². The van der Waals surface area contributed by atoms with Gasteiger partial charge in [-0.2, -0.15) is 5.26 Å². The molecule has 0 radical (unpaired) electrons. The predicted molar refractivity (Wildman–Crippen MR) is 80.4 cm³/mol. The lowest BCUT2D eigenvalue weighted by atomic mass is 9.86. The van der Waals surface area contributed by atoms with Gasteiger partial charge in [0.15, 0.2) is 0 Å². The van der Waals surface area contributed by atoms with Crippen molar-refractivity contribution in [1.29, 1.82) is 5.26 Å². The molecule has 1 amide bonds. The average Bonchev–Trinajstić information content (AvgIpc) is 2.53. The van der Waals surface area contributed by atoms with Crippen molar-refractivity contribution in [3.8, 4) is 6.07 Å². The highest BCUT2D eigenvalue weighted by atomic mass is 16.2. The molecule has 1 fully saturated rings. The largest absolute Gasteiger partial charge is 0.315 e. The Labute approximate surface area is 121 Å². The zero-order chi connectivity index (χ0) is 14.4. The molecule has 1 aliphatic rings. The van der Waals surface area contributed by atoms with Crippen molar-refractivity contribution in [3.05, 3.63) is 29.8 Å². The molecule has 0 unspecified atom stereocenters. The molecule has 3 heteroatoms. The molecule has 20 heavy (non-hydrogen) atoms. The Kier molecular flexibility index (Phi) is 5.17. The summed E-state index contributed by atoms with van der Waals surface area (Å²) < 4.78 is 0. The molecule has 1 aliphatic carbocycles. The van der Waals surface area contributed by atoms with Crippen LogP contribution in [0.15, 0.2) is 24.3 Å². The van der Waals surface area contributed by atoms with Crippen molar-refractivity contribution in [2.45, 2.75) is 44.9 Å². The smallest absolute Gasteiger partial charge is 0.226 e. The van der Waals surface area contributed by atoms with Crippen LogP contribution in [0.2, 0.25) is 0 Å². The molecule has 0 aliphatic heterocycles. The van der Waals surface area contributed by atoms with Crippen molar-refractivity contribution in [3.63, 3.8) is 0 Å². The maximum absolute atomic E-state index is 12.2. The predicted octanol–water partition coefficient (Wildman–Crippen LogP) is 3.88. The number of rotatable bonds is 4. The van der Waals surface area contributed by atoms with Gasteiger partial charge in [-0.15, -0.1) is 0 Å². The van der Waals surface area contributed by atoms with E-state index in [1.807, 2.05) is 12.1 Å². The van der Waals surface area contributed by atoms with Gasteiger partial charge in [0, 0.05) is 19.2 Å². The number of hydrogen-bond donors (Lipinski definition) is 0. The van der Waals surface area contributed by atoms with Crippen LogP contribution < -0.4 is 4.90 Å². The third kappa shape index (κ3) is 3.84. The molecule has 1 saturated carbocycles. The highest BCUT2D eigenvalue weighted by Crippen LogP contribution is 2.27. The number of benzene rings is 1. The van der Waals surface area contributed by atoms with Gasteiger partial charge in [0.2, 0.25) is 5.91 Å². The van der Waals surface area contributed by atoms with Gasteiger partial charge in [-0.25, -0.2) is 0 Å². The van der Waals surface area contributed by atoms with Crippen LogP contribution >= 0.6 is 0 Å². The van der Waals surface area contributed by atoms with Gasteiger partial charge < -0.3 is 4.90 Å². The summed E-state index contributed by atoms with van der Waals surface area (Å²) in [6.07, 6.45) is 8.16. The second kappa shape index (κ2) is 7.09. The number of hydrogen-bond acceptors (Lipinski definition) is 2. The van der Waals surface area contributed by atoms with Crippen molar-refractivity contribution < 1.29 is 4.79 Å². The quantitative estimate of drug-likeness (QED) is 0.833. The fourth-order valence-corrected chi connectivity index (χ4v) is 2.90. The minimum Gasteiger partial charge on any atom is -0.315 e. The number of nitrogens with zero attached hydrogens (tertiary/aromatic N) is 2. The summed E-state index contributed by atoms with van der Waals surface area (Å²) >= 11 is 0. The highest BCUT2D eigenvalue weighted by molar-refractivity contribution is 5.92. The van der Waals surface area contributed by atoms with Crippen molar-refractivity contribution in [2.75, 3.05) is 11.9 Å². The van der Waals surface area contributed by atoms with Crippen molar-refractivity contribution >= 4 is 11.6 Å². The summed E-state index contributed by atoms with van der Waals surface area (Å²) in [6, 6.07) is 9.32.